The first-order valence-electron chi connectivity index (χ1n) is 24.9. The van der Waals surface area contributed by atoms with Crippen LogP contribution < -0.4 is 24.4 Å². The number of aliphatic hydroxyl groups is 1. The van der Waals surface area contributed by atoms with Gasteiger partial charge in [0, 0.05) is 105 Å². The first kappa shape index (κ1) is 49.0. The van der Waals surface area contributed by atoms with Crippen LogP contribution in [0.4, 0.5) is 17.1 Å². The number of aromatic amines is 1. The third-order valence-corrected chi connectivity index (χ3v) is 16.7. The fourth-order valence-corrected chi connectivity index (χ4v) is 12.4. The molecular weight excluding hydrogens is 935 g/mol. The van der Waals surface area contributed by atoms with Crippen LogP contribution >= 0.6 is 0 Å². The van der Waals surface area contributed by atoms with Crippen molar-refractivity contribution in [2.45, 2.75) is 94.3 Å². The number of carbonyl (C=O) groups is 1. The van der Waals surface area contributed by atoms with Gasteiger partial charge in [0.05, 0.1) is 34.3 Å². The lowest BCUT2D eigenvalue weighted by atomic mass is 9.59. The maximum atomic E-state index is 14.1. The van der Waals surface area contributed by atoms with Crippen molar-refractivity contribution in [1.82, 2.24) is 29.5 Å². The van der Waals surface area contributed by atoms with E-state index in [1.807, 2.05) is 25.3 Å². The first-order valence-corrected chi connectivity index (χ1v) is 26.4. The first-order chi connectivity index (χ1) is 34.5. The van der Waals surface area contributed by atoms with Gasteiger partial charge in [-0.15, -0.1) is 0 Å². The van der Waals surface area contributed by atoms with E-state index < -0.39 is 37.0 Å². The average molecular weight is 998 g/mol. The molecular formula is C54H63N9O8S. The Balaban J connectivity index is 0.839. The summed E-state index contributed by atoms with van der Waals surface area (Å²) in [6.45, 7) is 12.1. The zero-order valence-corrected chi connectivity index (χ0v) is 42.0. The van der Waals surface area contributed by atoms with E-state index >= 15 is 0 Å². The molecule has 4 N–H and O–H groups in total. The van der Waals surface area contributed by atoms with Gasteiger partial charge in [-0.05, 0) is 110 Å². The largest absolute Gasteiger partial charge is 0.481 e. The zero-order valence-electron chi connectivity index (χ0n) is 41.2. The number of nitrogens with one attached hydrogen (secondary N) is 3. The van der Waals surface area contributed by atoms with E-state index in [0.29, 0.717) is 48.6 Å². The summed E-state index contributed by atoms with van der Waals surface area (Å²) >= 11 is 0. The predicted octanol–water partition coefficient (Wildman–Crippen LogP) is 8.79. The van der Waals surface area contributed by atoms with Crippen LogP contribution in [0.2, 0.25) is 0 Å². The molecule has 5 heterocycles. The number of carbonyl (C=O) groups excluding carboxylic acids is 1. The van der Waals surface area contributed by atoms with Crippen molar-refractivity contribution >= 4 is 44.0 Å². The number of H-pyrrole nitrogens is 1. The van der Waals surface area contributed by atoms with E-state index in [1.54, 1.807) is 37.6 Å². The minimum atomic E-state index is -4.59. The molecule has 72 heavy (non-hydrogen) atoms. The number of rotatable bonds is 16. The smallest absolute Gasteiger partial charge is 0.293 e. The second kappa shape index (κ2) is 19.8. The van der Waals surface area contributed by atoms with Gasteiger partial charge in [0.15, 0.2) is 0 Å². The number of benzene rings is 3. The summed E-state index contributed by atoms with van der Waals surface area (Å²) in [6, 6.07) is 25.9. The number of hydrogen-bond donors (Lipinski definition) is 4. The van der Waals surface area contributed by atoms with Crippen molar-refractivity contribution in [1.29, 1.82) is 0 Å². The highest BCUT2D eigenvalue weighted by Gasteiger charge is 2.55. The molecule has 0 radical (unpaired) electrons. The number of ether oxygens (including phenoxy) is 2. The van der Waals surface area contributed by atoms with Gasteiger partial charge in [0.1, 0.15) is 22.8 Å². The molecule has 18 heteroatoms. The number of nitro benzene ring substituents is 1. The number of amides is 1. The Kier molecular flexibility index (Phi) is 13.5. The molecule has 4 aliphatic rings. The molecule has 10 rings (SSSR count). The lowest BCUT2D eigenvalue weighted by Gasteiger charge is -2.63. The van der Waals surface area contributed by atoms with Gasteiger partial charge in [-0.2, -0.15) is 0 Å². The van der Waals surface area contributed by atoms with Gasteiger partial charge < -0.3 is 29.8 Å². The van der Waals surface area contributed by atoms with E-state index in [1.165, 1.54) is 29.5 Å². The molecule has 3 aromatic heterocycles. The molecule has 3 aromatic carbocycles. The van der Waals surface area contributed by atoms with Crippen LogP contribution in [-0.4, -0.2) is 107 Å². The number of methoxy groups -OCH3 is 1. The zero-order chi connectivity index (χ0) is 50.4. The van der Waals surface area contributed by atoms with Crippen molar-refractivity contribution < 1.29 is 32.7 Å². The van der Waals surface area contributed by atoms with E-state index in [2.05, 4.69) is 83.9 Å². The van der Waals surface area contributed by atoms with Crippen LogP contribution in [0.3, 0.4) is 0 Å². The van der Waals surface area contributed by atoms with E-state index in [-0.39, 0.29) is 34.4 Å². The maximum Gasteiger partial charge on any atom is 0.293 e. The fourth-order valence-electron chi connectivity index (χ4n) is 11.4. The van der Waals surface area contributed by atoms with Gasteiger partial charge in [0.25, 0.3) is 21.6 Å². The topological polar surface area (TPSA) is 208 Å². The van der Waals surface area contributed by atoms with Crippen LogP contribution in [0.25, 0.3) is 11.0 Å². The third kappa shape index (κ3) is 10.4. The molecule has 0 bridgehead atoms. The minimum absolute atomic E-state index is 0.0372. The van der Waals surface area contributed by atoms with E-state index in [9.17, 15) is 28.4 Å². The van der Waals surface area contributed by atoms with Crippen molar-refractivity contribution in [2.24, 2.45) is 11.3 Å². The quantitative estimate of drug-likeness (QED) is 0.0528. The number of pyridine rings is 2. The molecule has 2 aliphatic carbocycles. The Morgan fingerprint density at radius 3 is 2.51 bits per heavy atom. The maximum absolute atomic E-state index is 14.1. The lowest BCUT2D eigenvalue weighted by Crippen LogP contribution is -2.68. The summed E-state index contributed by atoms with van der Waals surface area (Å²) in [5.41, 5.74) is 4.55. The van der Waals surface area contributed by atoms with E-state index in [0.717, 1.165) is 87.7 Å². The molecule has 1 atom stereocenters. The number of fused-ring (bicyclic) bond motifs is 1. The molecule has 4 fully saturated rings. The molecule has 1 amide bonds. The van der Waals surface area contributed by atoms with Gasteiger partial charge in [0.2, 0.25) is 5.88 Å². The number of sulfonamides is 1. The van der Waals surface area contributed by atoms with Crippen LogP contribution in [-0.2, 0) is 16.6 Å². The van der Waals surface area contributed by atoms with Gasteiger partial charge >= 0.3 is 0 Å². The molecule has 6 aromatic rings. The van der Waals surface area contributed by atoms with Gasteiger partial charge in [-0.1, -0.05) is 44.2 Å². The number of aromatic nitrogens is 3. The summed E-state index contributed by atoms with van der Waals surface area (Å²) in [6.07, 6.45) is 10.1. The van der Waals surface area contributed by atoms with Crippen molar-refractivity contribution in [3.63, 3.8) is 0 Å². The Hall–Kier alpha value is -6.60. The fraction of sp³-hybridized carbons (Fsp3) is 0.426. The predicted molar refractivity (Wildman–Crippen MR) is 275 cm³/mol. The van der Waals surface area contributed by atoms with Crippen molar-refractivity contribution in [2.75, 3.05) is 56.6 Å². The Morgan fingerprint density at radius 1 is 0.986 bits per heavy atom. The molecule has 2 aliphatic heterocycles. The minimum Gasteiger partial charge on any atom is -0.481 e. The number of nitrogens with zero attached hydrogens (tertiary/aromatic N) is 6. The van der Waals surface area contributed by atoms with Crippen LogP contribution in [0, 0.1) is 21.4 Å². The van der Waals surface area contributed by atoms with Crippen molar-refractivity contribution in [3.05, 3.63) is 136 Å². The molecule has 378 valence electrons. The molecule has 2 saturated heterocycles. The Bertz CT molecular complexity index is 3070. The molecule has 1 spiro atoms. The summed E-state index contributed by atoms with van der Waals surface area (Å²) in [4.78, 5) is 44.7. The van der Waals surface area contributed by atoms with E-state index in [4.69, 9.17) is 9.47 Å². The highest BCUT2D eigenvalue weighted by atomic mass is 32.2. The molecule has 0 unspecified atom stereocenters. The SMILES string of the molecule is COc1ccc(CN2CCN(C3CC4(C3)CN(c3ccc(C(=O)NS(=O)(=O)c5ccc(NC[C@H]6CC[C@](C)(O)CC6)c([N+](=O)[O-])c5)c(Oc5cnc6[nH]ccc6c5)c3)C4)[C@H](c3ccccc3C(C)C)C2)cn1. The average Bonchev–Trinajstić information content (AvgIpc) is 3.81. The number of hydrogen-bond acceptors (Lipinski definition) is 14. The van der Waals surface area contributed by atoms with Crippen LogP contribution in [0.15, 0.2) is 108 Å². The standard InChI is InChI=1S/C54H63N9O8S/c1-35(2)43-7-5-6-8-44(43)48-32-60(31-37-9-14-50(70-4)57-29-37)21-22-62(48)40-26-54(27-40)33-61(34-54)39-10-12-45(49(24-39)71-41-23-38-17-20-55-51(38)58-30-41)52(64)59-72(68,69)42-11-13-46(47(25-42)63(66)67)56-28-36-15-18-53(3,65)19-16-36/h5-14,17,20,23-25,29-30,35-36,40,48,56,65H,15-16,18-19,21-22,26-28,31-34H2,1-4H3,(H,55,58)(H,59,64)/t36-,48-,53-/m0/s1. The highest BCUT2D eigenvalue weighted by molar-refractivity contribution is 7.90. The summed E-state index contributed by atoms with van der Waals surface area (Å²) in [7, 11) is -2.96. The lowest BCUT2D eigenvalue weighted by molar-refractivity contribution is -0.384. The number of piperazine rings is 1. The summed E-state index contributed by atoms with van der Waals surface area (Å²) in [5.74, 6) is 0.727. The van der Waals surface area contributed by atoms with Crippen LogP contribution in [0.1, 0.15) is 98.3 Å². The Labute approximate surface area is 420 Å². The van der Waals surface area contributed by atoms with Gasteiger partial charge in [-0.25, -0.2) is 23.1 Å². The second-order valence-corrected chi connectivity index (χ2v) is 22.6. The molecule has 17 nitrogen and oxygen atoms in total. The number of nitro groups is 1. The highest BCUT2D eigenvalue weighted by Crippen LogP contribution is 2.54. The third-order valence-electron chi connectivity index (χ3n) is 15.4. The van der Waals surface area contributed by atoms with Crippen molar-refractivity contribution in [3.8, 4) is 17.4 Å². The normalized spacial score (nSPS) is 21.6. The number of anilines is 2. The Morgan fingerprint density at radius 2 is 1.78 bits per heavy atom. The van der Waals surface area contributed by atoms with Gasteiger partial charge in [-0.3, -0.25) is 24.7 Å². The summed E-state index contributed by atoms with van der Waals surface area (Å²) in [5, 5.41) is 26.5. The monoisotopic (exact) mass is 997 g/mol. The summed E-state index contributed by atoms with van der Waals surface area (Å²) < 4.78 is 41.5. The second-order valence-electron chi connectivity index (χ2n) is 21.0. The molecule has 2 saturated carbocycles. The van der Waals surface area contributed by atoms with Crippen LogP contribution in [0.5, 0.6) is 17.4 Å².